The monoisotopic (exact) mass is 279 g/mol. The maximum atomic E-state index is 12.5. The van der Waals surface area contributed by atoms with Crippen molar-refractivity contribution in [2.75, 3.05) is 24.6 Å². The van der Waals surface area contributed by atoms with E-state index in [1.54, 1.807) is 4.90 Å². The van der Waals surface area contributed by atoms with Crippen molar-refractivity contribution in [2.45, 2.75) is 5.92 Å². The molecule has 1 aromatic carbocycles. The topological polar surface area (TPSA) is 78.9 Å². The Labute approximate surface area is 116 Å². The normalized spacial score (nSPS) is 18.1. The number of amidine groups is 1. The van der Waals surface area contributed by atoms with E-state index in [1.165, 1.54) is 0 Å². The summed E-state index contributed by atoms with van der Waals surface area (Å²) < 4.78 is 0. The Morgan fingerprint density at radius 2 is 1.95 bits per heavy atom. The Bertz CT molecular complexity index is 458. The van der Waals surface area contributed by atoms with Crippen LogP contribution in [0.2, 0.25) is 0 Å². The molecule has 1 amide bonds. The van der Waals surface area contributed by atoms with Gasteiger partial charge in [-0.1, -0.05) is 35.5 Å². The number of hydrogen-bond donors (Lipinski definition) is 2. The lowest BCUT2D eigenvalue weighted by atomic mass is 9.96. The van der Waals surface area contributed by atoms with Crippen LogP contribution in [0.15, 0.2) is 35.5 Å². The lowest BCUT2D eigenvalue weighted by Gasteiger charge is -2.29. The molecule has 19 heavy (non-hydrogen) atoms. The molecule has 2 rings (SSSR count). The molecule has 0 aromatic heterocycles. The van der Waals surface area contributed by atoms with Gasteiger partial charge in [-0.15, -0.1) is 0 Å². The number of nitrogens with two attached hydrogens (primary N) is 1. The highest BCUT2D eigenvalue weighted by Gasteiger charge is 2.30. The first-order valence-corrected chi connectivity index (χ1v) is 7.28. The average molecular weight is 279 g/mol. The Kier molecular flexibility index (Phi) is 4.68. The second-order valence-corrected chi connectivity index (χ2v) is 5.53. The van der Waals surface area contributed by atoms with Gasteiger partial charge in [0.15, 0.2) is 5.84 Å². The number of rotatable bonds is 3. The lowest BCUT2D eigenvalue weighted by molar-refractivity contribution is -0.130. The van der Waals surface area contributed by atoms with E-state index in [1.807, 2.05) is 42.1 Å². The molecule has 0 radical (unpaired) electrons. The summed E-state index contributed by atoms with van der Waals surface area (Å²) in [4.78, 5) is 14.3. The van der Waals surface area contributed by atoms with Crippen molar-refractivity contribution < 1.29 is 10.0 Å². The highest BCUT2D eigenvalue weighted by Crippen LogP contribution is 2.21. The molecule has 0 aliphatic carbocycles. The molecule has 102 valence electrons. The molecule has 1 aliphatic rings. The predicted molar refractivity (Wildman–Crippen MR) is 76.5 cm³/mol. The van der Waals surface area contributed by atoms with Crippen LogP contribution in [0.5, 0.6) is 0 Å². The van der Waals surface area contributed by atoms with Crippen molar-refractivity contribution in [3.8, 4) is 0 Å². The SMILES string of the molecule is NC(=NO)C(C(=O)N1CCSCC1)c1ccccc1. The van der Waals surface area contributed by atoms with E-state index in [2.05, 4.69) is 5.16 Å². The fourth-order valence-corrected chi connectivity index (χ4v) is 3.01. The number of amides is 1. The third-order valence-corrected chi connectivity index (χ3v) is 4.06. The van der Waals surface area contributed by atoms with E-state index in [0.29, 0.717) is 13.1 Å². The molecule has 6 heteroatoms. The van der Waals surface area contributed by atoms with E-state index < -0.39 is 5.92 Å². The van der Waals surface area contributed by atoms with Crippen LogP contribution in [0.25, 0.3) is 0 Å². The molecule has 1 heterocycles. The zero-order valence-electron chi connectivity index (χ0n) is 10.5. The van der Waals surface area contributed by atoms with Gasteiger partial charge in [0.25, 0.3) is 0 Å². The Hall–Kier alpha value is -1.69. The number of nitrogens with zero attached hydrogens (tertiary/aromatic N) is 2. The minimum absolute atomic E-state index is 0.0607. The van der Waals surface area contributed by atoms with Crippen molar-refractivity contribution >= 4 is 23.5 Å². The van der Waals surface area contributed by atoms with Crippen LogP contribution in [0.4, 0.5) is 0 Å². The van der Waals surface area contributed by atoms with Gasteiger partial charge in [0.2, 0.25) is 5.91 Å². The molecule has 1 fully saturated rings. The van der Waals surface area contributed by atoms with Crippen molar-refractivity contribution in [3.05, 3.63) is 35.9 Å². The molecule has 1 aromatic rings. The second kappa shape index (κ2) is 6.47. The first-order chi connectivity index (χ1) is 9.24. The van der Waals surface area contributed by atoms with Crippen LogP contribution >= 0.6 is 11.8 Å². The molecule has 5 nitrogen and oxygen atoms in total. The van der Waals surface area contributed by atoms with Gasteiger partial charge < -0.3 is 15.8 Å². The van der Waals surface area contributed by atoms with E-state index >= 15 is 0 Å². The highest BCUT2D eigenvalue weighted by molar-refractivity contribution is 7.99. The number of oxime groups is 1. The molecule has 0 saturated carbocycles. The van der Waals surface area contributed by atoms with Crippen LogP contribution in [-0.2, 0) is 4.79 Å². The number of carbonyl (C=O) groups excluding carboxylic acids is 1. The molecule has 1 atom stereocenters. The quantitative estimate of drug-likeness (QED) is 0.376. The molecular formula is C13H17N3O2S. The minimum atomic E-state index is -0.700. The van der Waals surface area contributed by atoms with Crippen molar-refractivity contribution in [3.63, 3.8) is 0 Å². The third-order valence-electron chi connectivity index (χ3n) is 3.11. The number of thioether (sulfide) groups is 1. The third kappa shape index (κ3) is 3.20. The number of hydrogen-bond acceptors (Lipinski definition) is 4. The van der Waals surface area contributed by atoms with Gasteiger partial charge in [-0.2, -0.15) is 11.8 Å². The van der Waals surface area contributed by atoms with Crippen molar-refractivity contribution in [1.82, 2.24) is 4.90 Å². The fourth-order valence-electron chi connectivity index (χ4n) is 2.11. The largest absolute Gasteiger partial charge is 0.409 e. The Morgan fingerprint density at radius 1 is 1.32 bits per heavy atom. The summed E-state index contributed by atoms with van der Waals surface area (Å²) >= 11 is 1.83. The molecule has 0 spiro atoms. The number of carbonyl (C=O) groups is 1. The fraction of sp³-hybridized carbons (Fsp3) is 0.385. The molecule has 1 saturated heterocycles. The second-order valence-electron chi connectivity index (χ2n) is 4.31. The van der Waals surface area contributed by atoms with Gasteiger partial charge in [-0.25, -0.2) is 0 Å². The highest BCUT2D eigenvalue weighted by atomic mass is 32.2. The Morgan fingerprint density at radius 3 is 2.53 bits per heavy atom. The first-order valence-electron chi connectivity index (χ1n) is 6.13. The maximum Gasteiger partial charge on any atom is 0.237 e. The standard InChI is InChI=1S/C13H17N3O2S/c14-12(15-18)11(10-4-2-1-3-5-10)13(17)16-6-8-19-9-7-16/h1-5,11,18H,6-9H2,(H2,14,15). The van der Waals surface area contributed by atoms with E-state index in [0.717, 1.165) is 17.1 Å². The summed E-state index contributed by atoms with van der Waals surface area (Å²) in [5.74, 6) is 1.01. The van der Waals surface area contributed by atoms with E-state index in [-0.39, 0.29) is 11.7 Å². The van der Waals surface area contributed by atoms with E-state index in [9.17, 15) is 4.79 Å². The maximum absolute atomic E-state index is 12.5. The summed E-state index contributed by atoms with van der Waals surface area (Å²) in [7, 11) is 0. The van der Waals surface area contributed by atoms with Crippen LogP contribution in [-0.4, -0.2) is 46.4 Å². The molecular weight excluding hydrogens is 262 g/mol. The van der Waals surface area contributed by atoms with Gasteiger partial charge in [0.05, 0.1) is 0 Å². The van der Waals surface area contributed by atoms with Crippen molar-refractivity contribution in [1.29, 1.82) is 0 Å². The predicted octanol–water partition coefficient (Wildman–Crippen LogP) is 1.09. The molecule has 0 bridgehead atoms. The zero-order valence-corrected chi connectivity index (χ0v) is 11.3. The van der Waals surface area contributed by atoms with Crippen LogP contribution in [0.3, 0.4) is 0 Å². The van der Waals surface area contributed by atoms with Gasteiger partial charge in [-0.3, -0.25) is 4.79 Å². The number of benzene rings is 1. The van der Waals surface area contributed by atoms with Crippen LogP contribution < -0.4 is 5.73 Å². The smallest absolute Gasteiger partial charge is 0.237 e. The first kappa shape index (κ1) is 13.7. The van der Waals surface area contributed by atoms with Gasteiger partial charge in [0.1, 0.15) is 5.92 Å². The Balaban J connectivity index is 2.25. The summed E-state index contributed by atoms with van der Waals surface area (Å²) in [5.41, 5.74) is 6.46. The summed E-state index contributed by atoms with van der Waals surface area (Å²) in [5, 5.41) is 11.9. The van der Waals surface area contributed by atoms with Crippen molar-refractivity contribution in [2.24, 2.45) is 10.9 Å². The minimum Gasteiger partial charge on any atom is -0.409 e. The van der Waals surface area contributed by atoms with Crippen LogP contribution in [0, 0.1) is 0 Å². The zero-order chi connectivity index (χ0) is 13.7. The lowest BCUT2D eigenvalue weighted by Crippen LogP contribution is -2.44. The molecule has 1 aliphatic heterocycles. The van der Waals surface area contributed by atoms with Gasteiger partial charge >= 0.3 is 0 Å². The summed E-state index contributed by atoms with van der Waals surface area (Å²) in [6.45, 7) is 1.43. The van der Waals surface area contributed by atoms with Gasteiger partial charge in [0, 0.05) is 24.6 Å². The van der Waals surface area contributed by atoms with Crippen LogP contribution in [0.1, 0.15) is 11.5 Å². The van der Waals surface area contributed by atoms with Gasteiger partial charge in [-0.05, 0) is 5.56 Å². The molecule has 1 unspecified atom stereocenters. The average Bonchev–Trinajstić information content (AvgIpc) is 2.49. The summed E-state index contributed by atoms with van der Waals surface area (Å²) in [6, 6.07) is 9.19. The van der Waals surface area contributed by atoms with E-state index in [4.69, 9.17) is 10.9 Å². The molecule has 3 N–H and O–H groups in total. The summed E-state index contributed by atoms with van der Waals surface area (Å²) in [6.07, 6.45) is 0.